The van der Waals surface area contributed by atoms with Crippen LogP contribution in [0.3, 0.4) is 0 Å². The van der Waals surface area contributed by atoms with Gasteiger partial charge in [0.1, 0.15) is 5.84 Å². The number of para-hydroxylation sites is 1. The molecule has 2 nitrogen and oxygen atoms in total. The number of hydrogen-bond donors (Lipinski definition) is 1. The van der Waals surface area contributed by atoms with E-state index in [4.69, 9.17) is 5.41 Å². The number of fused-ring (bicyclic) bond motifs is 1. The fraction of sp³-hybridized carbons (Fsp3) is 0.353. The number of amidine groups is 1. The number of nitrogens with one attached hydrogen (secondary N) is 1. The summed E-state index contributed by atoms with van der Waals surface area (Å²) in [6.07, 6.45) is 11.0. The third-order valence-electron chi connectivity index (χ3n) is 3.96. The minimum absolute atomic E-state index is 0.446. The van der Waals surface area contributed by atoms with Crippen molar-refractivity contribution < 1.29 is 0 Å². The first-order valence-electron chi connectivity index (χ1n) is 7.15. The minimum atomic E-state index is 0.446. The largest absolute Gasteiger partial charge is 0.322 e. The number of nitrogens with zero attached hydrogens (tertiary/aromatic N) is 1. The third-order valence-corrected chi connectivity index (χ3v) is 3.96. The molecule has 1 aliphatic carbocycles. The van der Waals surface area contributed by atoms with E-state index in [1.165, 1.54) is 11.3 Å². The first-order chi connectivity index (χ1) is 9.33. The van der Waals surface area contributed by atoms with Crippen LogP contribution in [0.4, 0.5) is 5.69 Å². The molecule has 0 spiro atoms. The highest BCUT2D eigenvalue weighted by atomic mass is 15.2. The van der Waals surface area contributed by atoms with Gasteiger partial charge in [-0.15, -0.1) is 0 Å². The molecule has 1 unspecified atom stereocenters. The molecule has 1 aliphatic heterocycles. The summed E-state index contributed by atoms with van der Waals surface area (Å²) < 4.78 is 0. The topological polar surface area (TPSA) is 27.1 Å². The molecule has 2 heteroatoms. The zero-order chi connectivity index (χ0) is 13.2. The number of benzene rings is 1. The zero-order valence-corrected chi connectivity index (χ0v) is 11.4. The summed E-state index contributed by atoms with van der Waals surface area (Å²) >= 11 is 0. The molecular weight excluding hydrogens is 232 g/mol. The Hall–Kier alpha value is -1.83. The molecule has 2 aliphatic rings. The highest BCUT2D eigenvalue weighted by Crippen LogP contribution is 2.40. The van der Waals surface area contributed by atoms with E-state index in [1.807, 2.05) is 0 Å². The number of allylic oxidation sites excluding steroid dienone is 2. The monoisotopic (exact) mass is 252 g/mol. The highest BCUT2D eigenvalue weighted by Gasteiger charge is 2.33. The third kappa shape index (κ3) is 2.01. The number of rotatable bonds is 2. The second-order valence-electron chi connectivity index (χ2n) is 5.20. The van der Waals surface area contributed by atoms with Gasteiger partial charge in [0, 0.05) is 17.2 Å². The summed E-state index contributed by atoms with van der Waals surface area (Å²) in [5, 5.41) is 8.52. The van der Waals surface area contributed by atoms with Crippen molar-refractivity contribution in [2.45, 2.75) is 38.6 Å². The van der Waals surface area contributed by atoms with Crippen LogP contribution in [0.15, 0.2) is 42.5 Å². The molecule has 1 aromatic rings. The highest BCUT2D eigenvalue weighted by molar-refractivity contribution is 6.34. The van der Waals surface area contributed by atoms with Gasteiger partial charge < -0.3 is 4.90 Å². The molecule has 1 heterocycles. The van der Waals surface area contributed by atoms with Crippen molar-refractivity contribution in [3.8, 4) is 0 Å². The van der Waals surface area contributed by atoms with Crippen LogP contribution in [0.25, 0.3) is 5.57 Å². The van der Waals surface area contributed by atoms with Gasteiger partial charge in [-0.05, 0) is 31.7 Å². The van der Waals surface area contributed by atoms with Gasteiger partial charge in [-0.1, -0.05) is 43.4 Å². The Morgan fingerprint density at radius 1 is 1.32 bits per heavy atom. The van der Waals surface area contributed by atoms with Crippen molar-refractivity contribution in [3.05, 3.63) is 48.1 Å². The Morgan fingerprint density at radius 3 is 2.89 bits per heavy atom. The van der Waals surface area contributed by atoms with Crippen molar-refractivity contribution in [3.63, 3.8) is 0 Å². The van der Waals surface area contributed by atoms with Crippen molar-refractivity contribution in [1.82, 2.24) is 0 Å². The van der Waals surface area contributed by atoms with Gasteiger partial charge in [-0.2, -0.15) is 0 Å². The first kappa shape index (κ1) is 12.2. The first-order valence-corrected chi connectivity index (χ1v) is 7.15. The Bertz CT molecular complexity index is 554. The number of hydrogen-bond acceptors (Lipinski definition) is 1. The van der Waals surface area contributed by atoms with Crippen LogP contribution >= 0.6 is 0 Å². The molecule has 1 N–H and O–H groups in total. The molecule has 1 atom stereocenters. The van der Waals surface area contributed by atoms with E-state index >= 15 is 0 Å². The second-order valence-corrected chi connectivity index (χ2v) is 5.20. The molecule has 0 aromatic heterocycles. The van der Waals surface area contributed by atoms with E-state index < -0.39 is 0 Å². The lowest BCUT2D eigenvalue weighted by atomic mass is 10.00. The van der Waals surface area contributed by atoms with Crippen LogP contribution in [0.1, 0.15) is 38.2 Å². The van der Waals surface area contributed by atoms with Crippen LogP contribution in [0, 0.1) is 5.41 Å². The maximum Gasteiger partial charge on any atom is 0.133 e. The van der Waals surface area contributed by atoms with E-state index in [9.17, 15) is 0 Å². The molecule has 0 saturated heterocycles. The van der Waals surface area contributed by atoms with E-state index in [0.717, 1.165) is 31.3 Å². The fourth-order valence-corrected chi connectivity index (χ4v) is 3.09. The molecule has 3 rings (SSSR count). The summed E-state index contributed by atoms with van der Waals surface area (Å²) in [7, 11) is 0. The van der Waals surface area contributed by atoms with Crippen LogP contribution in [0.5, 0.6) is 0 Å². The number of anilines is 1. The second kappa shape index (κ2) is 5.04. The predicted octanol–water partition coefficient (Wildman–Crippen LogP) is 4.39. The van der Waals surface area contributed by atoms with Crippen molar-refractivity contribution in [2.75, 3.05) is 4.90 Å². The van der Waals surface area contributed by atoms with E-state index in [0.29, 0.717) is 11.9 Å². The quantitative estimate of drug-likeness (QED) is 0.777. The Labute approximate surface area is 115 Å². The molecule has 0 radical (unpaired) electrons. The average Bonchev–Trinajstić information content (AvgIpc) is 2.73. The lowest BCUT2D eigenvalue weighted by molar-refractivity contribution is 0.601. The van der Waals surface area contributed by atoms with Gasteiger partial charge in [0.05, 0.1) is 5.69 Å². The summed E-state index contributed by atoms with van der Waals surface area (Å²) in [6, 6.07) is 8.89. The standard InChI is InChI=1S/C17H20N2/c1-2-8-15-14-11-6-7-12-16(14)19(17(15)18)13-9-4-3-5-10-13/h3-4,6-8,11-13,18H,2,5,9-10H2,1H3/b15-8-,18-17?. The maximum absolute atomic E-state index is 8.52. The molecular formula is C17H20N2. The van der Waals surface area contributed by atoms with Gasteiger partial charge in [0.25, 0.3) is 0 Å². The summed E-state index contributed by atoms with van der Waals surface area (Å²) in [5.74, 6) is 0.684. The van der Waals surface area contributed by atoms with Gasteiger partial charge >= 0.3 is 0 Å². The summed E-state index contributed by atoms with van der Waals surface area (Å²) in [5.41, 5.74) is 3.55. The molecule has 0 bridgehead atoms. The van der Waals surface area contributed by atoms with Gasteiger partial charge in [0.15, 0.2) is 0 Å². The molecule has 98 valence electrons. The lowest BCUT2D eigenvalue weighted by Crippen LogP contribution is -2.37. The van der Waals surface area contributed by atoms with Crippen molar-refractivity contribution in [1.29, 1.82) is 5.41 Å². The SMILES string of the molecule is CC/C=C1\C(=N)N(C2CC=CCC2)c2ccccc21. The predicted molar refractivity (Wildman–Crippen MR) is 81.7 cm³/mol. The average molecular weight is 252 g/mol. The summed E-state index contributed by atoms with van der Waals surface area (Å²) in [4.78, 5) is 2.24. The van der Waals surface area contributed by atoms with Crippen LogP contribution < -0.4 is 4.90 Å². The van der Waals surface area contributed by atoms with Crippen molar-refractivity contribution in [2.24, 2.45) is 0 Å². The van der Waals surface area contributed by atoms with Gasteiger partial charge in [0.2, 0.25) is 0 Å². The van der Waals surface area contributed by atoms with Crippen molar-refractivity contribution >= 4 is 17.1 Å². The normalized spacial score (nSPS) is 24.1. The van der Waals surface area contributed by atoms with Crippen LogP contribution in [0.2, 0.25) is 0 Å². The smallest absolute Gasteiger partial charge is 0.133 e. The van der Waals surface area contributed by atoms with E-state index in [2.05, 4.69) is 54.3 Å². The Balaban J connectivity index is 2.04. The molecule has 19 heavy (non-hydrogen) atoms. The maximum atomic E-state index is 8.52. The molecule has 1 aromatic carbocycles. The van der Waals surface area contributed by atoms with Gasteiger partial charge in [-0.25, -0.2) is 0 Å². The Kier molecular flexibility index (Phi) is 3.24. The fourth-order valence-electron chi connectivity index (χ4n) is 3.09. The van der Waals surface area contributed by atoms with Gasteiger partial charge in [-0.3, -0.25) is 5.41 Å². The minimum Gasteiger partial charge on any atom is -0.322 e. The lowest BCUT2D eigenvalue weighted by Gasteiger charge is -2.30. The summed E-state index contributed by atoms with van der Waals surface area (Å²) in [6.45, 7) is 2.13. The molecule has 0 fully saturated rings. The van der Waals surface area contributed by atoms with E-state index in [1.54, 1.807) is 0 Å². The molecule has 0 saturated carbocycles. The van der Waals surface area contributed by atoms with E-state index in [-0.39, 0.29) is 0 Å². The van der Waals surface area contributed by atoms with Crippen LogP contribution in [-0.4, -0.2) is 11.9 Å². The zero-order valence-electron chi connectivity index (χ0n) is 11.4. The molecule has 0 amide bonds. The van der Waals surface area contributed by atoms with Crippen LogP contribution in [-0.2, 0) is 0 Å². The Morgan fingerprint density at radius 2 is 2.16 bits per heavy atom.